The lowest BCUT2D eigenvalue weighted by Gasteiger charge is -2.39. The van der Waals surface area contributed by atoms with Crippen molar-refractivity contribution < 1.29 is 17.6 Å². The van der Waals surface area contributed by atoms with Gasteiger partial charge in [0, 0.05) is 0 Å². The fraction of sp³-hybridized carbons (Fsp3) is 0.667. The van der Waals surface area contributed by atoms with Gasteiger partial charge in [-0.1, -0.05) is 0 Å². The van der Waals surface area contributed by atoms with Crippen molar-refractivity contribution in [2.24, 2.45) is 0 Å². The van der Waals surface area contributed by atoms with Crippen LogP contribution in [0.1, 0.15) is 0 Å². The van der Waals surface area contributed by atoms with E-state index in [1.165, 1.54) is 12.5 Å². The maximum atomic E-state index is 12.6. The molecular formula is C6H6F4S2. The van der Waals surface area contributed by atoms with Crippen molar-refractivity contribution in [3.63, 3.8) is 0 Å². The van der Waals surface area contributed by atoms with E-state index in [4.69, 9.17) is 0 Å². The van der Waals surface area contributed by atoms with Gasteiger partial charge in [-0.3, -0.25) is 0 Å². The molecule has 0 fully saturated rings. The zero-order chi connectivity index (χ0) is 9.57. The van der Waals surface area contributed by atoms with Crippen LogP contribution in [0.4, 0.5) is 17.6 Å². The van der Waals surface area contributed by atoms with Crippen LogP contribution in [0.5, 0.6) is 0 Å². The van der Waals surface area contributed by atoms with Crippen molar-refractivity contribution >= 4 is 23.5 Å². The molecule has 12 heavy (non-hydrogen) atoms. The summed E-state index contributed by atoms with van der Waals surface area (Å²) in [5.41, 5.74) is 0. The molecule has 0 spiro atoms. The van der Waals surface area contributed by atoms with Crippen LogP contribution >= 0.6 is 23.5 Å². The van der Waals surface area contributed by atoms with Crippen LogP contribution in [0.15, 0.2) is 9.81 Å². The van der Waals surface area contributed by atoms with Crippen LogP contribution in [-0.2, 0) is 0 Å². The Morgan fingerprint density at radius 3 is 1.25 bits per heavy atom. The number of allylic oxidation sites excluding steroid dienone is 2. The third kappa shape index (κ3) is 1.00. The van der Waals surface area contributed by atoms with Gasteiger partial charge in [0.2, 0.25) is 0 Å². The average Bonchev–Trinajstić information content (AvgIpc) is 1.98. The Bertz CT molecular complexity index is 210. The quantitative estimate of drug-likeness (QED) is 0.653. The van der Waals surface area contributed by atoms with Gasteiger partial charge >= 0.3 is 11.8 Å². The van der Waals surface area contributed by atoms with Crippen molar-refractivity contribution in [2.45, 2.75) is 11.8 Å². The van der Waals surface area contributed by atoms with Crippen molar-refractivity contribution in [3.05, 3.63) is 9.81 Å². The molecule has 0 radical (unpaired) electrons. The second-order valence-electron chi connectivity index (χ2n) is 2.22. The molecule has 0 heterocycles. The monoisotopic (exact) mass is 218 g/mol. The van der Waals surface area contributed by atoms with E-state index in [9.17, 15) is 17.6 Å². The number of alkyl halides is 4. The molecular weight excluding hydrogens is 212 g/mol. The highest BCUT2D eigenvalue weighted by atomic mass is 32.2. The molecule has 0 amide bonds. The molecule has 0 aromatic rings. The first-order valence-electron chi connectivity index (χ1n) is 2.98. The van der Waals surface area contributed by atoms with Crippen LogP contribution < -0.4 is 0 Å². The minimum absolute atomic E-state index is 0.500. The van der Waals surface area contributed by atoms with Crippen molar-refractivity contribution in [2.75, 3.05) is 12.5 Å². The van der Waals surface area contributed by atoms with E-state index >= 15 is 0 Å². The molecule has 0 unspecified atom stereocenters. The van der Waals surface area contributed by atoms with Gasteiger partial charge in [0.15, 0.2) is 0 Å². The van der Waals surface area contributed by atoms with Gasteiger partial charge < -0.3 is 0 Å². The summed E-state index contributed by atoms with van der Waals surface area (Å²) in [4.78, 5) is -1.000. The molecule has 0 aliphatic heterocycles. The molecule has 70 valence electrons. The molecule has 0 N–H and O–H groups in total. The SMILES string of the molecule is CSC1=C(SC)C(F)(F)C1(F)F. The lowest BCUT2D eigenvalue weighted by molar-refractivity contribution is -0.176. The Balaban J connectivity index is 3.09. The third-order valence-corrected chi connectivity index (χ3v) is 3.45. The highest BCUT2D eigenvalue weighted by Gasteiger charge is 2.70. The van der Waals surface area contributed by atoms with Crippen LogP contribution in [0, 0.1) is 0 Å². The lowest BCUT2D eigenvalue weighted by Crippen LogP contribution is -2.51. The summed E-state index contributed by atoms with van der Waals surface area (Å²) in [6.07, 6.45) is 2.74. The van der Waals surface area contributed by atoms with Gasteiger partial charge in [-0.05, 0) is 12.5 Å². The number of thioether (sulfide) groups is 2. The molecule has 1 aliphatic carbocycles. The molecule has 0 saturated heterocycles. The zero-order valence-electron chi connectivity index (χ0n) is 6.33. The van der Waals surface area contributed by atoms with E-state index in [2.05, 4.69) is 0 Å². The first-order chi connectivity index (χ1) is 5.39. The van der Waals surface area contributed by atoms with Gasteiger partial charge in [0.25, 0.3) is 0 Å². The second kappa shape index (κ2) is 2.83. The van der Waals surface area contributed by atoms with Crippen molar-refractivity contribution in [1.29, 1.82) is 0 Å². The summed E-state index contributed by atoms with van der Waals surface area (Å²) in [6, 6.07) is 0. The molecule has 0 bridgehead atoms. The van der Waals surface area contributed by atoms with Gasteiger partial charge in [-0.15, -0.1) is 23.5 Å². The Morgan fingerprint density at radius 1 is 0.833 bits per heavy atom. The van der Waals surface area contributed by atoms with Crippen LogP contribution in [0.3, 0.4) is 0 Å². The average molecular weight is 218 g/mol. The summed E-state index contributed by atoms with van der Waals surface area (Å²) in [7, 11) is 0. The lowest BCUT2D eigenvalue weighted by atomic mass is 10.00. The van der Waals surface area contributed by atoms with E-state index in [1.54, 1.807) is 0 Å². The van der Waals surface area contributed by atoms with E-state index in [0.29, 0.717) is 23.5 Å². The van der Waals surface area contributed by atoms with Gasteiger partial charge in [-0.2, -0.15) is 17.6 Å². The largest absolute Gasteiger partial charge is 0.346 e. The standard InChI is InChI=1S/C6H6F4S2/c1-11-3-4(12-2)6(9,10)5(3,7)8/h1-2H3. The predicted molar refractivity (Wildman–Crippen MR) is 44.0 cm³/mol. The fourth-order valence-corrected chi connectivity index (χ4v) is 2.85. The summed E-state index contributed by atoms with van der Waals surface area (Å²) in [5.74, 6) is -7.91. The molecule has 6 heteroatoms. The molecule has 0 saturated carbocycles. The third-order valence-electron chi connectivity index (χ3n) is 1.58. The molecule has 0 nitrogen and oxygen atoms in total. The summed E-state index contributed by atoms with van der Waals surface area (Å²) in [6.45, 7) is 0. The highest BCUT2D eigenvalue weighted by Crippen LogP contribution is 2.61. The van der Waals surface area contributed by atoms with Crippen LogP contribution in [0.25, 0.3) is 0 Å². The Kier molecular flexibility index (Phi) is 2.42. The molecule has 0 atom stereocenters. The normalized spacial score (nSPS) is 25.5. The summed E-state index contributed by atoms with van der Waals surface area (Å²) < 4.78 is 50.3. The number of rotatable bonds is 2. The van der Waals surface area contributed by atoms with Crippen molar-refractivity contribution in [1.82, 2.24) is 0 Å². The first kappa shape index (κ1) is 10.2. The van der Waals surface area contributed by atoms with E-state index in [0.717, 1.165) is 0 Å². The topological polar surface area (TPSA) is 0 Å². The smallest absolute Gasteiger partial charge is 0.193 e. The molecule has 1 rings (SSSR count). The second-order valence-corrected chi connectivity index (χ2v) is 3.85. The van der Waals surface area contributed by atoms with Gasteiger partial charge in [-0.25, -0.2) is 0 Å². The highest BCUT2D eigenvalue weighted by molar-refractivity contribution is 8.06. The van der Waals surface area contributed by atoms with E-state index in [1.807, 2.05) is 0 Å². The number of hydrogen-bond acceptors (Lipinski definition) is 2. The minimum atomic E-state index is -3.95. The fourth-order valence-electron chi connectivity index (χ4n) is 0.950. The Morgan fingerprint density at radius 2 is 1.08 bits per heavy atom. The predicted octanol–water partition coefficient (Wildman–Crippen LogP) is 3.21. The van der Waals surface area contributed by atoms with Gasteiger partial charge in [0.1, 0.15) is 0 Å². The Hall–Kier alpha value is 0.160. The zero-order valence-corrected chi connectivity index (χ0v) is 7.96. The van der Waals surface area contributed by atoms with Crippen LogP contribution in [0.2, 0.25) is 0 Å². The minimum Gasteiger partial charge on any atom is -0.193 e. The van der Waals surface area contributed by atoms with E-state index < -0.39 is 21.7 Å². The molecule has 1 aliphatic rings. The first-order valence-corrected chi connectivity index (χ1v) is 5.43. The number of halogens is 4. The molecule has 0 aromatic heterocycles. The van der Waals surface area contributed by atoms with Crippen molar-refractivity contribution in [3.8, 4) is 0 Å². The maximum absolute atomic E-state index is 12.6. The molecule has 0 aromatic carbocycles. The summed E-state index contributed by atoms with van der Waals surface area (Å²) in [5, 5.41) is 0. The number of hydrogen-bond donors (Lipinski definition) is 0. The maximum Gasteiger partial charge on any atom is 0.346 e. The summed E-state index contributed by atoms with van der Waals surface area (Å²) >= 11 is 1.36. The Labute approximate surface area is 75.8 Å². The van der Waals surface area contributed by atoms with E-state index in [-0.39, 0.29) is 0 Å². The van der Waals surface area contributed by atoms with Crippen LogP contribution in [-0.4, -0.2) is 24.4 Å². The van der Waals surface area contributed by atoms with Gasteiger partial charge in [0.05, 0.1) is 9.81 Å².